The van der Waals surface area contributed by atoms with Gasteiger partial charge >= 0.3 is 0 Å². The first kappa shape index (κ1) is 25.6. The van der Waals surface area contributed by atoms with Gasteiger partial charge in [0.05, 0.1) is 29.7 Å². The van der Waals surface area contributed by atoms with E-state index in [2.05, 4.69) is 37.4 Å². The average molecular weight is 505 g/mol. The van der Waals surface area contributed by atoms with Crippen molar-refractivity contribution < 1.29 is 13.9 Å². The zero-order valence-electron chi connectivity index (χ0n) is 21.2. The van der Waals surface area contributed by atoms with Crippen LogP contribution in [0.25, 0.3) is 16.8 Å². The maximum absolute atomic E-state index is 13.8. The van der Waals surface area contributed by atoms with Crippen molar-refractivity contribution in [3.63, 3.8) is 0 Å². The summed E-state index contributed by atoms with van der Waals surface area (Å²) in [7, 11) is 7.53. The van der Waals surface area contributed by atoms with Crippen LogP contribution < -0.4 is 20.3 Å². The number of benzene rings is 2. The van der Waals surface area contributed by atoms with E-state index >= 15 is 0 Å². The lowest BCUT2D eigenvalue weighted by atomic mass is 10.1. The first-order valence-electron chi connectivity index (χ1n) is 11.5. The summed E-state index contributed by atoms with van der Waals surface area (Å²) >= 11 is 0. The number of ether oxygens (including phenoxy) is 1. The molecule has 0 aliphatic heterocycles. The van der Waals surface area contributed by atoms with Gasteiger partial charge in [-0.2, -0.15) is 0 Å². The molecule has 0 radical (unpaired) electrons. The summed E-state index contributed by atoms with van der Waals surface area (Å²) in [5.74, 6) is 0.353. The number of carbonyl (C=O) groups is 1. The zero-order chi connectivity index (χ0) is 26.5. The summed E-state index contributed by atoms with van der Waals surface area (Å²) in [4.78, 5) is 20.7. The Kier molecular flexibility index (Phi) is 7.63. The Bertz CT molecular complexity index is 1440. The van der Waals surface area contributed by atoms with Crippen molar-refractivity contribution in [3.05, 3.63) is 67.3 Å². The summed E-state index contributed by atoms with van der Waals surface area (Å²) < 4.78 is 21.0. The smallest absolute Gasteiger partial charge is 0.247 e. The number of halogens is 1. The average Bonchev–Trinajstić information content (AvgIpc) is 3.30. The number of amides is 1. The minimum absolute atomic E-state index is 0.331. The van der Waals surface area contributed by atoms with Crippen LogP contribution in [0.3, 0.4) is 0 Å². The number of methoxy groups -OCH3 is 1. The van der Waals surface area contributed by atoms with E-state index in [9.17, 15) is 9.18 Å². The van der Waals surface area contributed by atoms with Crippen molar-refractivity contribution in [3.8, 4) is 17.0 Å². The first-order chi connectivity index (χ1) is 17.8. The maximum atomic E-state index is 13.8. The molecular weight excluding hydrogens is 475 g/mol. The Labute approximate surface area is 214 Å². The number of rotatable bonds is 10. The minimum atomic E-state index is -0.361. The molecule has 0 fully saturated rings. The summed E-state index contributed by atoms with van der Waals surface area (Å²) in [6.07, 6.45) is 2.74. The third-order valence-electron chi connectivity index (χ3n) is 5.73. The summed E-state index contributed by atoms with van der Waals surface area (Å²) in [6, 6.07) is 11.6. The highest BCUT2D eigenvalue weighted by Crippen LogP contribution is 2.38. The van der Waals surface area contributed by atoms with Crippen molar-refractivity contribution in [2.24, 2.45) is 0 Å². The molecule has 2 aromatic carbocycles. The molecule has 0 aliphatic carbocycles. The fourth-order valence-electron chi connectivity index (χ4n) is 3.76. The largest absolute Gasteiger partial charge is 0.494 e. The normalized spacial score (nSPS) is 11.0. The minimum Gasteiger partial charge on any atom is -0.494 e. The number of hydrogen-bond acceptors (Lipinski definition) is 8. The number of fused-ring (bicyclic) bond motifs is 1. The number of carbonyl (C=O) groups excluding carboxylic acids is 1. The fraction of sp³-hybridized carbons (Fsp3) is 0.231. The van der Waals surface area contributed by atoms with Crippen LogP contribution in [-0.2, 0) is 4.79 Å². The molecule has 2 heterocycles. The molecule has 2 aromatic heterocycles. The molecule has 4 aromatic rings. The molecule has 0 atom stereocenters. The van der Waals surface area contributed by atoms with Gasteiger partial charge in [-0.05, 0) is 38.4 Å². The van der Waals surface area contributed by atoms with Crippen LogP contribution in [0, 0.1) is 5.82 Å². The van der Waals surface area contributed by atoms with Crippen LogP contribution >= 0.6 is 0 Å². The number of anilines is 4. The summed E-state index contributed by atoms with van der Waals surface area (Å²) in [5.41, 5.74) is 3.72. The van der Waals surface area contributed by atoms with Crippen molar-refractivity contribution in [1.29, 1.82) is 0 Å². The first-order valence-corrected chi connectivity index (χ1v) is 11.5. The highest BCUT2D eigenvalue weighted by molar-refractivity contribution is 6.02. The predicted octanol–water partition coefficient (Wildman–Crippen LogP) is 3.80. The molecule has 0 unspecified atom stereocenters. The van der Waals surface area contributed by atoms with Crippen LogP contribution in [0.1, 0.15) is 0 Å². The van der Waals surface area contributed by atoms with Gasteiger partial charge in [0.1, 0.15) is 29.4 Å². The Morgan fingerprint density at radius 3 is 2.68 bits per heavy atom. The van der Waals surface area contributed by atoms with E-state index in [1.807, 2.05) is 32.1 Å². The molecule has 37 heavy (non-hydrogen) atoms. The molecule has 0 saturated carbocycles. The van der Waals surface area contributed by atoms with Crippen LogP contribution in [-0.4, -0.2) is 72.0 Å². The molecular formula is C26H29FN8O2. The third kappa shape index (κ3) is 5.84. The van der Waals surface area contributed by atoms with Gasteiger partial charge in [0.15, 0.2) is 0 Å². The molecule has 11 heteroatoms. The van der Waals surface area contributed by atoms with Crippen LogP contribution in [0.15, 0.2) is 61.4 Å². The van der Waals surface area contributed by atoms with E-state index in [0.717, 1.165) is 18.8 Å². The number of hydrogen-bond donors (Lipinski definition) is 2. The van der Waals surface area contributed by atoms with E-state index < -0.39 is 0 Å². The molecule has 4 rings (SSSR count). The molecule has 1 amide bonds. The number of nitrogens with zero attached hydrogens (tertiary/aromatic N) is 6. The van der Waals surface area contributed by atoms with E-state index in [0.29, 0.717) is 39.7 Å². The maximum Gasteiger partial charge on any atom is 0.247 e. The van der Waals surface area contributed by atoms with E-state index in [-0.39, 0.29) is 11.7 Å². The second-order valence-corrected chi connectivity index (χ2v) is 8.67. The third-order valence-corrected chi connectivity index (χ3v) is 5.73. The second-order valence-electron chi connectivity index (χ2n) is 8.67. The van der Waals surface area contributed by atoms with Crippen LogP contribution in [0.4, 0.5) is 27.3 Å². The van der Waals surface area contributed by atoms with Gasteiger partial charge in [-0.25, -0.2) is 13.9 Å². The van der Waals surface area contributed by atoms with Gasteiger partial charge in [-0.3, -0.25) is 4.79 Å². The lowest BCUT2D eigenvalue weighted by molar-refractivity contribution is -0.111. The van der Waals surface area contributed by atoms with Crippen molar-refractivity contribution >= 4 is 34.3 Å². The topological polar surface area (TPSA) is 99.9 Å². The monoisotopic (exact) mass is 504 g/mol. The number of likely N-dealkylation sites (N-methyl/N-ethyl adjacent to an activating group) is 2. The standard InChI is InChI=1S/C26H29FN8O2/c1-6-25(36)30-19-13-20(23(37-5)14-21(19)34(4)11-10-33(2)3)29-24-15-22-26(31-32-35(22)16-28-24)17-8-7-9-18(27)12-17/h6-9,12-16,29H,1,10-11H2,2-5H3,(H,30,36). The van der Waals surface area contributed by atoms with E-state index in [1.165, 1.54) is 29.1 Å². The van der Waals surface area contributed by atoms with Gasteiger partial charge in [-0.1, -0.05) is 23.9 Å². The fourth-order valence-corrected chi connectivity index (χ4v) is 3.76. The van der Waals surface area contributed by atoms with Crippen molar-refractivity contribution in [1.82, 2.24) is 24.7 Å². The summed E-state index contributed by atoms with van der Waals surface area (Å²) in [6.45, 7) is 5.11. The Hall–Kier alpha value is -4.51. The van der Waals surface area contributed by atoms with Crippen molar-refractivity contribution in [2.45, 2.75) is 0 Å². The van der Waals surface area contributed by atoms with Gasteiger partial charge in [-0.15, -0.1) is 5.10 Å². The molecule has 0 bridgehead atoms. The SMILES string of the molecule is C=CC(=O)Nc1cc(Nc2cc3c(-c4cccc(F)c4)nnn3cn2)c(OC)cc1N(C)CCN(C)C. The zero-order valence-corrected chi connectivity index (χ0v) is 21.2. The second kappa shape index (κ2) is 11.0. The molecule has 2 N–H and O–H groups in total. The number of nitrogens with one attached hydrogen (secondary N) is 2. The van der Waals surface area contributed by atoms with Crippen molar-refractivity contribution in [2.75, 3.05) is 56.9 Å². The van der Waals surface area contributed by atoms with Crippen LogP contribution in [0.5, 0.6) is 5.75 Å². The predicted molar refractivity (Wildman–Crippen MR) is 143 cm³/mol. The number of aromatic nitrogens is 4. The van der Waals surface area contributed by atoms with E-state index in [1.54, 1.807) is 31.4 Å². The Morgan fingerprint density at radius 2 is 1.97 bits per heavy atom. The quantitative estimate of drug-likeness (QED) is 0.315. The van der Waals surface area contributed by atoms with E-state index in [4.69, 9.17) is 4.74 Å². The lowest BCUT2D eigenvalue weighted by Gasteiger charge is -2.26. The van der Waals surface area contributed by atoms with Crippen LogP contribution in [0.2, 0.25) is 0 Å². The molecule has 10 nitrogen and oxygen atoms in total. The lowest BCUT2D eigenvalue weighted by Crippen LogP contribution is -2.29. The molecule has 0 aliphatic rings. The van der Waals surface area contributed by atoms with Gasteiger partial charge in [0, 0.05) is 37.8 Å². The van der Waals surface area contributed by atoms with Gasteiger partial charge in [0.25, 0.3) is 0 Å². The summed E-state index contributed by atoms with van der Waals surface area (Å²) in [5, 5.41) is 14.4. The Morgan fingerprint density at radius 1 is 1.16 bits per heavy atom. The molecule has 192 valence electrons. The van der Waals surface area contributed by atoms with Gasteiger partial charge in [0.2, 0.25) is 5.91 Å². The van der Waals surface area contributed by atoms with Gasteiger partial charge < -0.3 is 25.2 Å². The Balaban J connectivity index is 1.72. The highest BCUT2D eigenvalue weighted by Gasteiger charge is 2.17. The highest BCUT2D eigenvalue weighted by atomic mass is 19.1. The molecule has 0 spiro atoms. The molecule has 0 saturated heterocycles.